The smallest absolute Gasteiger partial charge is 0.303 e. The minimum atomic E-state index is -0.748. The highest BCUT2D eigenvalue weighted by Crippen LogP contribution is 2.32. The maximum atomic E-state index is 11.1. The SMILES string of the molecule is CC(CC(=O)O)C1CN(Cc2cc(Oc3cnc(N4CCN(C)CC4)nc3)nc(-c3cc(Cl)cc(Cl)c3)c2)C1. The van der Waals surface area contributed by atoms with Gasteiger partial charge in [-0.05, 0) is 48.7 Å². The number of pyridine rings is 1. The summed E-state index contributed by atoms with van der Waals surface area (Å²) in [4.78, 5) is 31.6. The molecule has 39 heavy (non-hydrogen) atoms. The summed E-state index contributed by atoms with van der Waals surface area (Å²) >= 11 is 12.6. The van der Waals surface area contributed by atoms with Crippen molar-refractivity contribution in [2.75, 3.05) is 51.2 Å². The number of carboxylic acid groups (broad SMARTS) is 1. The maximum absolute atomic E-state index is 11.1. The molecule has 0 saturated carbocycles. The van der Waals surface area contributed by atoms with Crippen LogP contribution in [0.5, 0.6) is 11.6 Å². The van der Waals surface area contributed by atoms with E-state index in [2.05, 4.69) is 31.7 Å². The van der Waals surface area contributed by atoms with Crippen LogP contribution < -0.4 is 9.64 Å². The van der Waals surface area contributed by atoms with Crippen molar-refractivity contribution < 1.29 is 14.6 Å². The van der Waals surface area contributed by atoms with E-state index in [-0.39, 0.29) is 12.3 Å². The lowest BCUT2D eigenvalue weighted by atomic mass is 9.84. The normalized spacial score (nSPS) is 17.6. The number of ether oxygens (including phenoxy) is 1. The molecular weight excluding hydrogens is 539 g/mol. The van der Waals surface area contributed by atoms with E-state index in [0.29, 0.717) is 45.8 Å². The first-order valence-electron chi connectivity index (χ1n) is 13.1. The van der Waals surface area contributed by atoms with E-state index in [0.717, 1.165) is 50.4 Å². The molecule has 0 spiro atoms. The van der Waals surface area contributed by atoms with Crippen molar-refractivity contribution in [1.29, 1.82) is 0 Å². The number of likely N-dealkylation sites (N-methyl/N-ethyl adjacent to an activating group) is 1. The van der Waals surface area contributed by atoms with Crippen LogP contribution in [0.3, 0.4) is 0 Å². The van der Waals surface area contributed by atoms with Crippen molar-refractivity contribution in [2.24, 2.45) is 11.8 Å². The number of likely N-dealkylation sites (tertiary alicyclic amines) is 1. The number of hydrogen-bond acceptors (Lipinski definition) is 8. The number of rotatable bonds is 9. The summed E-state index contributed by atoms with van der Waals surface area (Å²) in [5.74, 6) is 1.39. The highest BCUT2D eigenvalue weighted by Gasteiger charge is 2.32. The van der Waals surface area contributed by atoms with Gasteiger partial charge in [-0.15, -0.1) is 0 Å². The number of carbonyl (C=O) groups is 1. The molecule has 2 aliphatic heterocycles. The fourth-order valence-electron chi connectivity index (χ4n) is 5.00. The average molecular weight is 572 g/mol. The van der Waals surface area contributed by atoms with Crippen molar-refractivity contribution in [3.05, 3.63) is 58.3 Å². The zero-order valence-electron chi connectivity index (χ0n) is 22.1. The molecule has 1 unspecified atom stereocenters. The Hall–Kier alpha value is -2.98. The lowest BCUT2D eigenvalue weighted by Gasteiger charge is -2.42. The lowest BCUT2D eigenvalue weighted by molar-refractivity contribution is -0.139. The van der Waals surface area contributed by atoms with Gasteiger partial charge in [-0.1, -0.05) is 30.1 Å². The molecule has 2 saturated heterocycles. The van der Waals surface area contributed by atoms with E-state index < -0.39 is 5.97 Å². The van der Waals surface area contributed by atoms with Crippen LogP contribution >= 0.6 is 23.2 Å². The highest BCUT2D eigenvalue weighted by molar-refractivity contribution is 6.35. The molecule has 4 heterocycles. The van der Waals surface area contributed by atoms with Crippen LogP contribution in [0.1, 0.15) is 18.9 Å². The highest BCUT2D eigenvalue weighted by atomic mass is 35.5. The van der Waals surface area contributed by atoms with Crippen LogP contribution in [0.15, 0.2) is 42.7 Å². The summed E-state index contributed by atoms with van der Waals surface area (Å²) in [6.07, 6.45) is 3.55. The van der Waals surface area contributed by atoms with Gasteiger partial charge in [0, 0.05) is 73.9 Å². The number of anilines is 1. The Morgan fingerprint density at radius 3 is 2.36 bits per heavy atom. The van der Waals surface area contributed by atoms with E-state index in [4.69, 9.17) is 38.0 Å². The van der Waals surface area contributed by atoms with Crippen LogP contribution in [0, 0.1) is 11.8 Å². The quantitative estimate of drug-likeness (QED) is 0.384. The predicted octanol–water partition coefficient (Wildman–Crippen LogP) is 4.93. The zero-order chi connectivity index (χ0) is 27.5. The zero-order valence-corrected chi connectivity index (χ0v) is 23.6. The van der Waals surface area contributed by atoms with Gasteiger partial charge < -0.3 is 19.6 Å². The molecule has 5 rings (SSSR count). The molecular formula is C28H32Cl2N6O3. The summed E-state index contributed by atoms with van der Waals surface area (Å²) in [5, 5.41) is 10.2. The van der Waals surface area contributed by atoms with E-state index >= 15 is 0 Å². The molecule has 2 fully saturated rings. The van der Waals surface area contributed by atoms with Gasteiger partial charge in [0.2, 0.25) is 11.8 Å². The van der Waals surface area contributed by atoms with Gasteiger partial charge in [-0.3, -0.25) is 9.69 Å². The van der Waals surface area contributed by atoms with Gasteiger partial charge in [-0.2, -0.15) is 0 Å². The van der Waals surface area contributed by atoms with Gasteiger partial charge in [-0.25, -0.2) is 15.0 Å². The number of carboxylic acids is 1. The fourth-order valence-corrected chi connectivity index (χ4v) is 5.53. The third-order valence-corrected chi connectivity index (χ3v) is 7.77. The molecule has 11 heteroatoms. The summed E-state index contributed by atoms with van der Waals surface area (Å²) in [6.45, 7) is 8.13. The third kappa shape index (κ3) is 7.16. The molecule has 0 bridgehead atoms. The van der Waals surface area contributed by atoms with E-state index in [1.165, 1.54) is 0 Å². The number of aromatic nitrogens is 3. The minimum Gasteiger partial charge on any atom is -0.481 e. The summed E-state index contributed by atoms with van der Waals surface area (Å²) in [7, 11) is 2.11. The molecule has 206 valence electrons. The first-order chi connectivity index (χ1) is 18.7. The van der Waals surface area contributed by atoms with Gasteiger partial charge in [0.25, 0.3) is 0 Å². The number of benzene rings is 1. The molecule has 0 aliphatic carbocycles. The van der Waals surface area contributed by atoms with Crippen LogP contribution in [-0.4, -0.2) is 82.1 Å². The van der Waals surface area contributed by atoms with Crippen molar-refractivity contribution in [3.63, 3.8) is 0 Å². The van der Waals surface area contributed by atoms with Crippen molar-refractivity contribution in [1.82, 2.24) is 24.8 Å². The predicted molar refractivity (Wildman–Crippen MR) is 152 cm³/mol. The number of aliphatic carboxylic acids is 1. The van der Waals surface area contributed by atoms with Crippen LogP contribution in [0.4, 0.5) is 5.95 Å². The standard InChI is InChI=1S/C28H32Cl2N6O3/c1-18(7-27(37)38)21-16-35(17-21)15-19-8-25(20-10-22(29)12-23(30)11-20)33-26(9-19)39-24-13-31-28(32-14-24)36-5-3-34(2)4-6-36/h8-14,18,21H,3-7,15-17H2,1-2H3,(H,37,38). The number of nitrogens with zero attached hydrogens (tertiary/aromatic N) is 6. The minimum absolute atomic E-state index is 0.146. The van der Waals surface area contributed by atoms with Crippen molar-refractivity contribution in [2.45, 2.75) is 19.9 Å². The van der Waals surface area contributed by atoms with E-state index in [1.807, 2.05) is 31.2 Å². The van der Waals surface area contributed by atoms with Crippen molar-refractivity contribution >= 4 is 35.1 Å². The molecule has 1 atom stereocenters. The first kappa shape index (κ1) is 27.6. The topological polar surface area (TPSA) is 94.9 Å². The van der Waals surface area contributed by atoms with E-state index in [1.54, 1.807) is 18.5 Å². The van der Waals surface area contributed by atoms with Gasteiger partial charge in [0.1, 0.15) is 0 Å². The van der Waals surface area contributed by atoms with Gasteiger partial charge in [0.05, 0.1) is 18.1 Å². The molecule has 3 aromatic rings. The maximum Gasteiger partial charge on any atom is 0.303 e. The Kier molecular flexibility index (Phi) is 8.52. The summed E-state index contributed by atoms with van der Waals surface area (Å²) in [5.41, 5.74) is 2.50. The Balaban J connectivity index is 1.33. The van der Waals surface area contributed by atoms with Gasteiger partial charge >= 0.3 is 5.97 Å². The third-order valence-electron chi connectivity index (χ3n) is 7.34. The second-order valence-electron chi connectivity index (χ2n) is 10.5. The van der Waals surface area contributed by atoms with E-state index in [9.17, 15) is 4.79 Å². The molecule has 1 N–H and O–H groups in total. The van der Waals surface area contributed by atoms with Crippen LogP contribution in [-0.2, 0) is 11.3 Å². The Bertz CT molecular complexity index is 1290. The van der Waals surface area contributed by atoms with Crippen LogP contribution in [0.25, 0.3) is 11.3 Å². The Morgan fingerprint density at radius 1 is 1.05 bits per heavy atom. The average Bonchev–Trinajstić information content (AvgIpc) is 2.86. The number of hydrogen-bond donors (Lipinski definition) is 1. The second kappa shape index (κ2) is 12.0. The lowest BCUT2D eigenvalue weighted by Crippen LogP contribution is -2.49. The largest absolute Gasteiger partial charge is 0.481 e. The molecule has 9 nitrogen and oxygen atoms in total. The molecule has 1 aromatic carbocycles. The second-order valence-corrected chi connectivity index (χ2v) is 11.4. The molecule has 2 aliphatic rings. The van der Waals surface area contributed by atoms with Crippen molar-refractivity contribution in [3.8, 4) is 22.9 Å². The summed E-state index contributed by atoms with van der Waals surface area (Å²) < 4.78 is 6.12. The first-order valence-corrected chi connectivity index (χ1v) is 13.8. The number of piperazine rings is 1. The van der Waals surface area contributed by atoms with Crippen LogP contribution in [0.2, 0.25) is 10.0 Å². The summed E-state index contributed by atoms with van der Waals surface area (Å²) in [6, 6.07) is 9.26. The Labute approximate surface area is 238 Å². The fraction of sp³-hybridized carbons (Fsp3) is 0.429. The van der Waals surface area contributed by atoms with Gasteiger partial charge in [0.15, 0.2) is 5.75 Å². The monoisotopic (exact) mass is 570 g/mol. The molecule has 2 aromatic heterocycles. The molecule has 0 radical (unpaired) electrons. The Morgan fingerprint density at radius 2 is 1.72 bits per heavy atom. The number of halogens is 2. The molecule has 0 amide bonds.